The summed E-state index contributed by atoms with van der Waals surface area (Å²) in [7, 11) is 0. The van der Waals surface area contributed by atoms with E-state index in [4.69, 9.17) is 9.52 Å². The van der Waals surface area contributed by atoms with Crippen LogP contribution in [0.4, 0.5) is 0 Å². The third kappa shape index (κ3) is 1.74. The third-order valence-electron chi connectivity index (χ3n) is 2.64. The van der Waals surface area contributed by atoms with Crippen molar-refractivity contribution >= 4 is 40.1 Å². The number of aromatic carboxylic acids is 1. The molecule has 1 heterocycles. The van der Waals surface area contributed by atoms with Crippen LogP contribution >= 0.6 is 12.4 Å². The van der Waals surface area contributed by atoms with Crippen LogP contribution in [-0.4, -0.2) is 11.1 Å². The van der Waals surface area contributed by atoms with Crippen molar-refractivity contribution in [3.8, 4) is 0 Å². The molecule has 0 atom stereocenters. The SMILES string of the molecule is Cl.O=C(O)c1cc2c(ccc3ccccc32)o1. The van der Waals surface area contributed by atoms with E-state index in [9.17, 15) is 4.79 Å². The lowest BCUT2D eigenvalue weighted by Crippen LogP contribution is -1.91. The lowest BCUT2D eigenvalue weighted by atomic mass is 10.1. The first kappa shape index (κ1) is 11.5. The Balaban J connectivity index is 0.00000108. The Labute approximate surface area is 103 Å². The van der Waals surface area contributed by atoms with Gasteiger partial charge < -0.3 is 9.52 Å². The predicted octanol–water partition coefficient (Wildman–Crippen LogP) is 3.71. The number of carbonyl (C=O) groups is 1. The summed E-state index contributed by atoms with van der Waals surface area (Å²) in [5.74, 6) is -1.06. The van der Waals surface area contributed by atoms with Gasteiger partial charge in [-0.15, -0.1) is 12.4 Å². The third-order valence-corrected chi connectivity index (χ3v) is 2.64. The number of hydrogen-bond donors (Lipinski definition) is 1. The highest BCUT2D eigenvalue weighted by Gasteiger charge is 2.11. The predicted molar refractivity (Wildman–Crippen MR) is 67.9 cm³/mol. The highest BCUT2D eigenvalue weighted by Crippen LogP contribution is 2.27. The van der Waals surface area contributed by atoms with Gasteiger partial charge in [0.2, 0.25) is 5.76 Å². The number of carboxylic acids is 1. The second-order valence-corrected chi connectivity index (χ2v) is 3.61. The lowest BCUT2D eigenvalue weighted by molar-refractivity contribution is 0.0665. The van der Waals surface area contributed by atoms with Crippen LogP contribution in [0.15, 0.2) is 46.9 Å². The summed E-state index contributed by atoms with van der Waals surface area (Å²) in [6.45, 7) is 0. The minimum Gasteiger partial charge on any atom is -0.475 e. The Morgan fingerprint density at radius 2 is 1.82 bits per heavy atom. The topological polar surface area (TPSA) is 50.4 Å². The summed E-state index contributed by atoms with van der Waals surface area (Å²) in [4.78, 5) is 10.8. The van der Waals surface area contributed by atoms with E-state index in [-0.39, 0.29) is 18.2 Å². The summed E-state index contributed by atoms with van der Waals surface area (Å²) >= 11 is 0. The second kappa shape index (κ2) is 4.11. The monoisotopic (exact) mass is 248 g/mol. The molecule has 3 rings (SSSR count). The summed E-state index contributed by atoms with van der Waals surface area (Å²) in [6, 6.07) is 13.1. The molecule has 86 valence electrons. The van der Waals surface area contributed by atoms with Gasteiger partial charge in [-0.05, 0) is 22.9 Å². The van der Waals surface area contributed by atoms with Gasteiger partial charge >= 0.3 is 5.97 Å². The molecule has 1 aromatic heterocycles. The van der Waals surface area contributed by atoms with Crippen LogP contribution < -0.4 is 0 Å². The van der Waals surface area contributed by atoms with E-state index in [0.29, 0.717) is 5.58 Å². The highest BCUT2D eigenvalue weighted by atomic mass is 35.5. The Bertz CT molecular complexity index is 700. The number of furan rings is 1. The minimum atomic E-state index is -1.04. The zero-order valence-corrected chi connectivity index (χ0v) is 9.53. The number of fused-ring (bicyclic) bond motifs is 3. The number of hydrogen-bond acceptors (Lipinski definition) is 2. The van der Waals surface area contributed by atoms with Crippen molar-refractivity contribution in [1.82, 2.24) is 0 Å². The van der Waals surface area contributed by atoms with E-state index in [1.807, 2.05) is 30.3 Å². The van der Waals surface area contributed by atoms with Crippen molar-refractivity contribution in [2.45, 2.75) is 0 Å². The number of carboxylic acid groups (broad SMARTS) is 1. The van der Waals surface area contributed by atoms with E-state index >= 15 is 0 Å². The van der Waals surface area contributed by atoms with Crippen LogP contribution in [0.5, 0.6) is 0 Å². The minimum absolute atomic E-state index is 0. The molecular weight excluding hydrogens is 240 g/mol. The molecular formula is C13H9ClO3. The zero-order valence-electron chi connectivity index (χ0n) is 8.71. The van der Waals surface area contributed by atoms with Gasteiger partial charge in [-0.3, -0.25) is 0 Å². The quantitative estimate of drug-likeness (QED) is 0.714. The Hall–Kier alpha value is -2.00. The first-order valence-corrected chi connectivity index (χ1v) is 4.90. The fraction of sp³-hybridized carbons (Fsp3) is 0. The first-order valence-electron chi connectivity index (χ1n) is 4.90. The van der Waals surface area contributed by atoms with Crippen LogP contribution in [0.1, 0.15) is 10.6 Å². The molecule has 17 heavy (non-hydrogen) atoms. The van der Waals surface area contributed by atoms with Gasteiger partial charge in [0.15, 0.2) is 0 Å². The average Bonchev–Trinajstić information content (AvgIpc) is 2.73. The molecule has 4 heteroatoms. The van der Waals surface area contributed by atoms with Gasteiger partial charge in [-0.2, -0.15) is 0 Å². The van der Waals surface area contributed by atoms with Crippen molar-refractivity contribution in [3.05, 3.63) is 48.2 Å². The summed E-state index contributed by atoms with van der Waals surface area (Å²) in [6.07, 6.45) is 0. The molecule has 0 aliphatic heterocycles. The number of rotatable bonds is 1. The normalized spacial score (nSPS) is 10.4. The van der Waals surface area contributed by atoms with Gasteiger partial charge in [-0.25, -0.2) is 4.79 Å². The van der Waals surface area contributed by atoms with E-state index in [0.717, 1.165) is 16.2 Å². The number of benzene rings is 2. The van der Waals surface area contributed by atoms with Crippen LogP contribution in [0, 0.1) is 0 Å². The van der Waals surface area contributed by atoms with Crippen LogP contribution in [0.2, 0.25) is 0 Å². The Kier molecular flexibility index (Phi) is 2.77. The molecule has 0 amide bonds. The maximum atomic E-state index is 10.8. The maximum Gasteiger partial charge on any atom is 0.371 e. The van der Waals surface area contributed by atoms with Gasteiger partial charge in [0.05, 0.1) is 0 Å². The number of halogens is 1. The van der Waals surface area contributed by atoms with Crippen molar-refractivity contribution in [3.63, 3.8) is 0 Å². The van der Waals surface area contributed by atoms with E-state index < -0.39 is 5.97 Å². The first-order chi connectivity index (χ1) is 7.75. The highest BCUT2D eigenvalue weighted by molar-refractivity contribution is 6.07. The maximum absolute atomic E-state index is 10.8. The van der Waals surface area contributed by atoms with Gasteiger partial charge in [0, 0.05) is 5.39 Å². The molecule has 0 aliphatic carbocycles. The standard InChI is InChI=1S/C13H8O3.ClH/c14-13(15)12-7-10-9-4-2-1-3-8(9)5-6-11(10)16-12;/h1-7H,(H,14,15);1H. The lowest BCUT2D eigenvalue weighted by Gasteiger charge is -1.96. The van der Waals surface area contributed by atoms with Gasteiger partial charge in [0.25, 0.3) is 0 Å². The fourth-order valence-corrected chi connectivity index (χ4v) is 1.90. The molecule has 0 radical (unpaired) electrons. The van der Waals surface area contributed by atoms with Crippen LogP contribution in [0.3, 0.4) is 0 Å². The average molecular weight is 249 g/mol. The van der Waals surface area contributed by atoms with Crippen LogP contribution in [0.25, 0.3) is 21.7 Å². The van der Waals surface area contributed by atoms with Gasteiger partial charge in [0.1, 0.15) is 5.58 Å². The Morgan fingerprint density at radius 3 is 2.59 bits per heavy atom. The van der Waals surface area contributed by atoms with Crippen LogP contribution in [-0.2, 0) is 0 Å². The Morgan fingerprint density at radius 1 is 1.06 bits per heavy atom. The molecule has 3 nitrogen and oxygen atoms in total. The van der Waals surface area contributed by atoms with Gasteiger partial charge in [-0.1, -0.05) is 30.3 Å². The smallest absolute Gasteiger partial charge is 0.371 e. The van der Waals surface area contributed by atoms with E-state index in [2.05, 4.69) is 0 Å². The van der Waals surface area contributed by atoms with Crippen molar-refractivity contribution in [2.75, 3.05) is 0 Å². The molecule has 1 N–H and O–H groups in total. The molecule has 0 aliphatic rings. The molecule has 0 bridgehead atoms. The molecule has 0 fully saturated rings. The molecule has 0 saturated carbocycles. The zero-order chi connectivity index (χ0) is 11.1. The molecule has 3 aromatic rings. The van der Waals surface area contributed by atoms with Crippen molar-refractivity contribution in [1.29, 1.82) is 0 Å². The molecule has 0 unspecified atom stereocenters. The molecule has 2 aromatic carbocycles. The van der Waals surface area contributed by atoms with E-state index in [1.54, 1.807) is 12.1 Å². The summed E-state index contributed by atoms with van der Waals surface area (Å²) in [5, 5.41) is 11.8. The summed E-state index contributed by atoms with van der Waals surface area (Å²) < 4.78 is 5.24. The molecule has 0 saturated heterocycles. The second-order valence-electron chi connectivity index (χ2n) is 3.61. The van der Waals surface area contributed by atoms with E-state index in [1.165, 1.54) is 0 Å². The van der Waals surface area contributed by atoms with Crippen molar-refractivity contribution in [2.24, 2.45) is 0 Å². The summed E-state index contributed by atoms with van der Waals surface area (Å²) in [5.41, 5.74) is 0.608. The van der Waals surface area contributed by atoms with Crippen molar-refractivity contribution < 1.29 is 14.3 Å². The fourth-order valence-electron chi connectivity index (χ4n) is 1.90. The largest absolute Gasteiger partial charge is 0.475 e. The molecule has 0 spiro atoms.